The van der Waals surface area contributed by atoms with Gasteiger partial charge in [0.05, 0.1) is 0 Å². The van der Waals surface area contributed by atoms with Gasteiger partial charge in [0.2, 0.25) is 0 Å². The minimum atomic E-state index is 0. The van der Waals surface area contributed by atoms with Crippen LogP contribution in [0.15, 0.2) is 0 Å². The fourth-order valence-corrected chi connectivity index (χ4v) is 0.289. The molecule has 0 unspecified atom stereocenters. The fourth-order valence-electron chi connectivity index (χ4n) is 0.289. The van der Waals surface area contributed by atoms with Crippen LogP contribution in [0.25, 0.3) is 0 Å². The van der Waals surface area contributed by atoms with Crippen molar-refractivity contribution in [3.8, 4) is 0 Å². The van der Waals surface area contributed by atoms with Crippen LogP contribution in [0.1, 0.15) is 26.7 Å². The summed E-state index contributed by atoms with van der Waals surface area (Å²) in [6.07, 6.45) is 2.59. The van der Waals surface area contributed by atoms with E-state index in [1.165, 1.54) is 12.8 Å². The molecule has 0 aromatic heterocycles. The number of hydrogen-bond acceptors (Lipinski definition) is 0. The van der Waals surface area contributed by atoms with Crippen LogP contribution in [0.4, 0.5) is 0 Å². The van der Waals surface area contributed by atoms with Gasteiger partial charge < -0.3 is 0 Å². The molecule has 0 spiro atoms. The van der Waals surface area contributed by atoms with Crippen LogP contribution >= 0.6 is 24.0 Å². The normalized spacial score (nSPS) is 8.43. The Kier molecular flexibility index (Phi) is 11.5. The van der Waals surface area contributed by atoms with Crippen molar-refractivity contribution in [2.45, 2.75) is 31.5 Å². The standard InChI is InChI=1S/C5H11.Al.HI/c1-3-5-4-2;;/h5H,3-4H2,1-2H3;;1H. The third-order valence-electron chi connectivity index (χ3n) is 1.05. The molecule has 0 atom stereocenters. The van der Waals surface area contributed by atoms with E-state index in [1.54, 1.807) is 0 Å². The molecule has 0 bridgehead atoms. The predicted molar refractivity (Wildman–Crippen MR) is 45.5 cm³/mol. The van der Waals surface area contributed by atoms with Crippen molar-refractivity contribution in [3.05, 3.63) is 0 Å². The minimum Gasteiger partial charge on any atom is -0.108 e. The Bertz CT molecular complexity index is 27.3. The van der Waals surface area contributed by atoms with E-state index < -0.39 is 0 Å². The van der Waals surface area contributed by atoms with Crippen LogP contribution in [0, 0.1) is 0 Å². The van der Waals surface area contributed by atoms with Crippen molar-refractivity contribution in [1.29, 1.82) is 0 Å². The fraction of sp³-hybridized carbons (Fsp3) is 1.00. The van der Waals surface area contributed by atoms with Crippen molar-refractivity contribution in [1.82, 2.24) is 0 Å². The van der Waals surface area contributed by atoms with E-state index in [0.29, 0.717) is 0 Å². The zero-order valence-corrected chi connectivity index (χ0v) is 8.46. The quantitative estimate of drug-likeness (QED) is 0.501. The summed E-state index contributed by atoms with van der Waals surface area (Å²) in [5.74, 6) is 0. The first-order valence-electron chi connectivity index (χ1n) is 2.56. The summed E-state index contributed by atoms with van der Waals surface area (Å²) in [6, 6.07) is 0. The Morgan fingerprint density at radius 1 is 1.29 bits per heavy atom. The second-order valence-corrected chi connectivity index (χ2v) is 2.52. The topological polar surface area (TPSA) is 0 Å². The van der Waals surface area contributed by atoms with E-state index in [1.807, 2.05) is 0 Å². The van der Waals surface area contributed by atoms with E-state index in [0.717, 1.165) is 4.78 Å². The molecule has 0 saturated heterocycles. The van der Waals surface area contributed by atoms with E-state index in [4.69, 9.17) is 0 Å². The number of hydrogen-bond donors (Lipinski definition) is 0. The van der Waals surface area contributed by atoms with Gasteiger partial charge in [0.1, 0.15) is 16.3 Å². The molecule has 7 heavy (non-hydrogen) atoms. The molecule has 0 aliphatic carbocycles. The average Bonchev–Trinajstić information content (AvgIpc) is 1.65. The zero-order chi connectivity index (χ0) is 4.99. The molecule has 0 amide bonds. The van der Waals surface area contributed by atoms with E-state index in [-0.39, 0.29) is 24.0 Å². The summed E-state index contributed by atoms with van der Waals surface area (Å²) in [5.41, 5.74) is 0. The molecule has 2 heteroatoms. The van der Waals surface area contributed by atoms with Crippen molar-refractivity contribution in [3.63, 3.8) is 0 Å². The predicted octanol–water partition coefficient (Wildman–Crippen LogP) is 2.38. The Hall–Kier alpha value is 1.26. The van der Waals surface area contributed by atoms with E-state index >= 15 is 0 Å². The maximum Gasteiger partial charge on any atom is 0.123 e. The second-order valence-electron chi connectivity index (χ2n) is 1.58. The molecule has 2 radical (unpaired) electrons. The Morgan fingerprint density at radius 2 is 1.57 bits per heavy atom. The highest BCUT2D eigenvalue weighted by atomic mass is 127. The van der Waals surface area contributed by atoms with Crippen LogP contribution in [-0.4, -0.2) is 16.3 Å². The SMILES string of the molecule is CC[CH]([Al])CC.I. The minimum absolute atomic E-state index is 0. The molecule has 0 aliphatic rings. The monoisotopic (exact) mass is 226 g/mol. The van der Waals surface area contributed by atoms with Gasteiger partial charge in [-0.2, -0.15) is 0 Å². The van der Waals surface area contributed by atoms with Crippen LogP contribution in [-0.2, 0) is 0 Å². The molecule has 0 N–H and O–H groups in total. The lowest BCUT2D eigenvalue weighted by Crippen LogP contribution is -1.83. The molecule has 0 saturated carbocycles. The van der Waals surface area contributed by atoms with Gasteiger partial charge in [0.25, 0.3) is 0 Å². The highest BCUT2D eigenvalue weighted by Crippen LogP contribution is 2.06. The molecule has 42 valence electrons. The van der Waals surface area contributed by atoms with Gasteiger partial charge in [0.15, 0.2) is 0 Å². The Labute approximate surface area is 71.5 Å². The van der Waals surface area contributed by atoms with Crippen molar-refractivity contribution in [2.75, 3.05) is 0 Å². The highest BCUT2D eigenvalue weighted by Gasteiger charge is 1.87. The maximum absolute atomic E-state index is 2.81. The van der Waals surface area contributed by atoms with Crippen molar-refractivity contribution in [2.24, 2.45) is 0 Å². The van der Waals surface area contributed by atoms with Gasteiger partial charge in [0, 0.05) is 0 Å². The third kappa shape index (κ3) is 7.26. The zero-order valence-electron chi connectivity index (χ0n) is 4.98. The Morgan fingerprint density at radius 3 is 1.57 bits per heavy atom. The molecular weight excluding hydrogens is 214 g/mol. The molecule has 0 nitrogen and oxygen atoms in total. The lowest BCUT2D eigenvalue weighted by molar-refractivity contribution is 0.768. The smallest absolute Gasteiger partial charge is 0.108 e. The van der Waals surface area contributed by atoms with Gasteiger partial charge in [-0.15, -0.1) is 28.8 Å². The van der Waals surface area contributed by atoms with Crippen molar-refractivity contribution < 1.29 is 0 Å². The maximum atomic E-state index is 2.81. The first kappa shape index (κ1) is 11.1. The number of halogens is 1. The highest BCUT2D eigenvalue weighted by molar-refractivity contribution is 14.0. The summed E-state index contributed by atoms with van der Waals surface area (Å²) in [6.45, 7) is 4.42. The van der Waals surface area contributed by atoms with Crippen molar-refractivity contribution >= 4 is 40.3 Å². The molecule has 0 rings (SSSR count). The van der Waals surface area contributed by atoms with Gasteiger partial charge >= 0.3 is 0 Å². The molecule has 0 aliphatic heterocycles. The van der Waals surface area contributed by atoms with Gasteiger partial charge in [-0.3, -0.25) is 0 Å². The third-order valence-corrected chi connectivity index (χ3v) is 1.99. The van der Waals surface area contributed by atoms with Crippen LogP contribution in [0.2, 0.25) is 4.78 Å². The second kappa shape index (κ2) is 7.26. The Balaban J connectivity index is 0. The lowest BCUT2D eigenvalue weighted by atomic mass is 10.3. The number of rotatable bonds is 2. The first-order valence-corrected chi connectivity index (χ1v) is 3.23. The summed E-state index contributed by atoms with van der Waals surface area (Å²) < 4.78 is 0.852. The summed E-state index contributed by atoms with van der Waals surface area (Å²) in [4.78, 5) is 0. The first-order chi connectivity index (χ1) is 2.81. The van der Waals surface area contributed by atoms with Gasteiger partial charge in [-0.05, 0) is 0 Å². The molecule has 0 aromatic rings. The summed E-state index contributed by atoms with van der Waals surface area (Å²) >= 11 is 2.81. The van der Waals surface area contributed by atoms with E-state index in [2.05, 4.69) is 30.1 Å². The molecule has 0 heterocycles. The molecule has 0 fully saturated rings. The van der Waals surface area contributed by atoms with Crippen LogP contribution in [0.3, 0.4) is 0 Å². The molecule has 0 aromatic carbocycles. The average molecular weight is 226 g/mol. The summed E-state index contributed by atoms with van der Waals surface area (Å²) in [7, 11) is 0. The molecular formula is C5H12AlI. The van der Waals surface area contributed by atoms with Crippen LogP contribution < -0.4 is 0 Å². The lowest BCUT2D eigenvalue weighted by Gasteiger charge is -2.00. The van der Waals surface area contributed by atoms with Crippen LogP contribution in [0.5, 0.6) is 0 Å². The van der Waals surface area contributed by atoms with E-state index in [9.17, 15) is 0 Å². The van der Waals surface area contributed by atoms with Gasteiger partial charge in [-0.25, -0.2) is 0 Å². The summed E-state index contributed by atoms with van der Waals surface area (Å²) in [5, 5.41) is 0. The largest absolute Gasteiger partial charge is 0.123 e. The van der Waals surface area contributed by atoms with Gasteiger partial charge in [-0.1, -0.05) is 26.7 Å².